The zero-order chi connectivity index (χ0) is 13.1. The third kappa shape index (κ3) is 3.10. The summed E-state index contributed by atoms with van der Waals surface area (Å²) >= 11 is 6.55. The van der Waals surface area contributed by atoms with Gasteiger partial charge in [-0.2, -0.15) is 0 Å². The highest BCUT2D eigenvalue weighted by Crippen LogP contribution is 2.31. The van der Waals surface area contributed by atoms with E-state index in [1.807, 2.05) is 0 Å². The van der Waals surface area contributed by atoms with E-state index < -0.39 is 5.82 Å². The fourth-order valence-electron chi connectivity index (χ4n) is 1.45. The van der Waals surface area contributed by atoms with Crippen molar-refractivity contribution < 1.29 is 14.2 Å². The second-order valence-corrected chi connectivity index (χ2v) is 5.42. The van der Waals surface area contributed by atoms with E-state index in [-0.39, 0.29) is 12.4 Å². The summed E-state index contributed by atoms with van der Waals surface area (Å²) in [7, 11) is 0. The third-order valence-corrected chi connectivity index (χ3v) is 3.29. The van der Waals surface area contributed by atoms with Crippen molar-refractivity contribution in [2.24, 2.45) is 0 Å². The number of aliphatic hydroxyl groups excluding tert-OH is 1. The molecule has 0 atom stereocenters. The van der Waals surface area contributed by atoms with Crippen molar-refractivity contribution in [1.82, 2.24) is 0 Å². The van der Waals surface area contributed by atoms with Gasteiger partial charge >= 0.3 is 0 Å². The van der Waals surface area contributed by atoms with Crippen LogP contribution in [0.3, 0.4) is 0 Å². The highest BCUT2D eigenvalue weighted by atomic mass is 79.9. The number of benzene rings is 2. The number of aliphatic hydroxyl groups is 1. The summed E-state index contributed by atoms with van der Waals surface area (Å²) in [6.07, 6.45) is 0. The summed E-state index contributed by atoms with van der Waals surface area (Å²) in [4.78, 5) is 0. The maximum absolute atomic E-state index is 13.6. The lowest BCUT2D eigenvalue weighted by molar-refractivity contribution is 0.276. The summed E-state index contributed by atoms with van der Waals surface area (Å²) in [5.74, 6) is 0.0871. The molecule has 2 nitrogen and oxygen atoms in total. The topological polar surface area (TPSA) is 29.5 Å². The fourth-order valence-corrected chi connectivity index (χ4v) is 2.19. The summed E-state index contributed by atoms with van der Waals surface area (Å²) in [6, 6.07) is 9.62. The van der Waals surface area contributed by atoms with Crippen molar-refractivity contribution in [1.29, 1.82) is 0 Å². The Morgan fingerprint density at radius 2 is 1.67 bits per heavy atom. The summed E-state index contributed by atoms with van der Waals surface area (Å²) < 4.78 is 20.6. The number of hydrogen-bond donors (Lipinski definition) is 1. The van der Waals surface area contributed by atoms with Gasteiger partial charge < -0.3 is 9.84 Å². The van der Waals surface area contributed by atoms with Gasteiger partial charge in [-0.05, 0) is 36.4 Å². The molecule has 0 saturated heterocycles. The standard InChI is InChI=1S/C13H9Br2FO2/c14-9-2-4-12(8(5-9)7-17)18-13-6-10(15)1-3-11(13)16/h1-6,17H,7H2. The van der Waals surface area contributed by atoms with E-state index in [0.717, 1.165) is 8.95 Å². The van der Waals surface area contributed by atoms with Crippen LogP contribution in [0.2, 0.25) is 0 Å². The largest absolute Gasteiger partial charge is 0.454 e. The van der Waals surface area contributed by atoms with Crippen LogP contribution in [0.1, 0.15) is 5.56 Å². The molecule has 0 bridgehead atoms. The molecular formula is C13H9Br2FO2. The number of ether oxygens (including phenoxy) is 1. The van der Waals surface area contributed by atoms with Crippen LogP contribution in [-0.2, 0) is 6.61 Å². The molecule has 0 spiro atoms. The Kier molecular flexibility index (Phi) is 4.37. The molecule has 0 saturated carbocycles. The van der Waals surface area contributed by atoms with E-state index in [4.69, 9.17) is 4.74 Å². The molecule has 0 heterocycles. The maximum atomic E-state index is 13.6. The van der Waals surface area contributed by atoms with E-state index in [1.165, 1.54) is 6.07 Å². The molecule has 0 aliphatic carbocycles. The van der Waals surface area contributed by atoms with Crippen LogP contribution in [0.15, 0.2) is 45.3 Å². The normalized spacial score (nSPS) is 10.4. The molecule has 94 valence electrons. The molecule has 18 heavy (non-hydrogen) atoms. The number of halogens is 3. The van der Waals surface area contributed by atoms with Gasteiger partial charge in [-0.1, -0.05) is 31.9 Å². The molecule has 0 aliphatic heterocycles. The molecule has 0 unspecified atom stereocenters. The Balaban J connectivity index is 2.36. The van der Waals surface area contributed by atoms with Gasteiger partial charge in [0.25, 0.3) is 0 Å². The molecule has 0 aromatic heterocycles. The van der Waals surface area contributed by atoms with Crippen LogP contribution in [-0.4, -0.2) is 5.11 Å². The maximum Gasteiger partial charge on any atom is 0.165 e. The van der Waals surface area contributed by atoms with Crippen molar-refractivity contribution in [3.63, 3.8) is 0 Å². The van der Waals surface area contributed by atoms with Crippen LogP contribution in [0.4, 0.5) is 4.39 Å². The van der Waals surface area contributed by atoms with Gasteiger partial charge in [0, 0.05) is 14.5 Å². The summed E-state index contributed by atoms with van der Waals surface area (Å²) in [6.45, 7) is -0.176. The van der Waals surface area contributed by atoms with Gasteiger partial charge in [-0.15, -0.1) is 0 Å². The summed E-state index contributed by atoms with van der Waals surface area (Å²) in [5, 5.41) is 9.24. The predicted octanol–water partition coefficient (Wildman–Crippen LogP) is 4.64. The van der Waals surface area contributed by atoms with Crippen molar-refractivity contribution in [3.05, 3.63) is 56.7 Å². The van der Waals surface area contributed by atoms with Crippen LogP contribution in [0.5, 0.6) is 11.5 Å². The molecule has 0 aliphatic rings. The van der Waals surface area contributed by atoms with E-state index in [0.29, 0.717) is 11.3 Å². The minimum atomic E-state index is -0.454. The lowest BCUT2D eigenvalue weighted by Crippen LogP contribution is -1.93. The fraction of sp³-hybridized carbons (Fsp3) is 0.0769. The molecule has 0 radical (unpaired) electrons. The molecule has 2 aromatic rings. The van der Waals surface area contributed by atoms with E-state index in [9.17, 15) is 9.50 Å². The van der Waals surface area contributed by atoms with Gasteiger partial charge in [0.05, 0.1) is 6.61 Å². The first-order valence-electron chi connectivity index (χ1n) is 5.12. The van der Waals surface area contributed by atoms with E-state index >= 15 is 0 Å². The van der Waals surface area contributed by atoms with Crippen molar-refractivity contribution in [2.75, 3.05) is 0 Å². The zero-order valence-corrected chi connectivity index (χ0v) is 12.3. The molecular weight excluding hydrogens is 367 g/mol. The Labute approximate surface area is 121 Å². The van der Waals surface area contributed by atoms with Crippen molar-refractivity contribution in [3.8, 4) is 11.5 Å². The third-order valence-electron chi connectivity index (χ3n) is 2.31. The summed E-state index contributed by atoms with van der Waals surface area (Å²) in [5.41, 5.74) is 0.587. The highest BCUT2D eigenvalue weighted by Gasteiger charge is 2.09. The van der Waals surface area contributed by atoms with Crippen LogP contribution in [0.25, 0.3) is 0 Å². The van der Waals surface area contributed by atoms with E-state index in [2.05, 4.69) is 31.9 Å². The van der Waals surface area contributed by atoms with Crippen molar-refractivity contribution >= 4 is 31.9 Å². The Hall–Kier alpha value is -0.910. The molecule has 2 rings (SSSR count). The monoisotopic (exact) mass is 374 g/mol. The first-order chi connectivity index (χ1) is 8.60. The second kappa shape index (κ2) is 5.82. The van der Waals surface area contributed by atoms with Gasteiger partial charge in [0.1, 0.15) is 5.75 Å². The van der Waals surface area contributed by atoms with Gasteiger partial charge in [-0.25, -0.2) is 4.39 Å². The first-order valence-corrected chi connectivity index (χ1v) is 6.71. The average Bonchev–Trinajstić information content (AvgIpc) is 2.36. The van der Waals surface area contributed by atoms with E-state index in [1.54, 1.807) is 30.3 Å². The van der Waals surface area contributed by atoms with Crippen LogP contribution >= 0.6 is 31.9 Å². The molecule has 5 heteroatoms. The minimum absolute atomic E-state index is 0.112. The lowest BCUT2D eigenvalue weighted by Gasteiger charge is -2.11. The quantitative estimate of drug-likeness (QED) is 0.847. The molecule has 0 fully saturated rings. The average molecular weight is 376 g/mol. The first kappa shape index (κ1) is 13.5. The predicted molar refractivity (Wildman–Crippen MR) is 74.2 cm³/mol. The zero-order valence-electron chi connectivity index (χ0n) is 9.16. The van der Waals surface area contributed by atoms with Gasteiger partial charge in [-0.3, -0.25) is 0 Å². The van der Waals surface area contributed by atoms with Gasteiger partial charge in [0.15, 0.2) is 11.6 Å². The SMILES string of the molecule is OCc1cc(Br)ccc1Oc1cc(Br)ccc1F. The van der Waals surface area contributed by atoms with Crippen molar-refractivity contribution in [2.45, 2.75) is 6.61 Å². The van der Waals surface area contributed by atoms with Crippen LogP contribution in [0, 0.1) is 5.82 Å². The lowest BCUT2D eigenvalue weighted by atomic mass is 10.2. The number of hydrogen-bond acceptors (Lipinski definition) is 2. The van der Waals surface area contributed by atoms with Crippen LogP contribution < -0.4 is 4.74 Å². The van der Waals surface area contributed by atoms with Gasteiger partial charge in [0.2, 0.25) is 0 Å². The smallest absolute Gasteiger partial charge is 0.165 e. The Morgan fingerprint density at radius 1 is 1.00 bits per heavy atom. The second-order valence-electron chi connectivity index (χ2n) is 3.59. The minimum Gasteiger partial charge on any atom is -0.454 e. The molecule has 1 N–H and O–H groups in total. The molecule has 0 amide bonds. The highest BCUT2D eigenvalue weighted by molar-refractivity contribution is 9.10. The molecule has 2 aromatic carbocycles. The Morgan fingerprint density at radius 3 is 2.39 bits per heavy atom. The number of rotatable bonds is 3. The Bertz CT molecular complexity index is 573.